The van der Waals surface area contributed by atoms with Crippen LogP contribution in [0.3, 0.4) is 0 Å². The molecule has 2 atom stereocenters. The Bertz CT molecular complexity index is 411. The molecule has 1 saturated carbocycles. The first-order chi connectivity index (χ1) is 8.63. The van der Waals surface area contributed by atoms with Crippen molar-refractivity contribution < 1.29 is 10.2 Å². The minimum atomic E-state index is -0.265. The van der Waals surface area contributed by atoms with Crippen molar-refractivity contribution in [2.24, 2.45) is 0 Å². The second kappa shape index (κ2) is 6.04. The zero-order valence-electron chi connectivity index (χ0n) is 10.6. The summed E-state index contributed by atoms with van der Waals surface area (Å²) < 4.78 is 0.966. The van der Waals surface area contributed by atoms with Crippen molar-refractivity contribution in [3.8, 4) is 0 Å². The molecule has 1 fully saturated rings. The highest BCUT2D eigenvalue weighted by molar-refractivity contribution is 9.10. The van der Waals surface area contributed by atoms with E-state index in [4.69, 9.17) is 0 Å². The topological polar surface area (TPSA) is 43.7 Å². The average Bonchev–Trinajstić information content (AvgIpc) is 2.38. The van der Waals surface area contributed by atoms with Crippen LogP contribution in [0.1, 0.15) is 31.2 Å². The Morgan fingerprint density at radius 3 is 2.72 bits per heavy atom. The molecule has 0 bridgehead atoms. The minimum Gasteiger partial charge on any atom is -0.392 e. The summed E-state index contributed by atoms with van der Waals surface area (Å²) in [4.78, 5) is 2.11. The molecule has 1 aliphatic carbocycles. The van der Waals surface area contributed by atoms with Crippen LogP contribution in [0.5, 0.6) is 0 Å². The minimum absolute atomic E-state index is 0.0158. The molecule has 2 N–H and O–H groups in total. The van der Waals surface area contributed by atoms with Crippen LogP contribution in [0, 0.1) is 0 Å². The molecule has 4 heteroatoms. The van der Waals surface area contributed by atoms with E-state index in [0.717, 1.165) is 41.4 Å². The lowest BCUT2D eigenvalue weighted by molar-refractivity contribution is 0.106. The van der Waals surface area contributed by atoms with E-state index in [1.165, 1.54) is 0 Å². The predicted molar refractivity (Wildman–Crippen MR) is 76.7 cm³/mol. The van der Waals surface area contributed by atoms with Gasteiger partial charge in [-0.2, -0.15) is 0 Å². The maximum absolute atomic E-state index is 10.1. The monoisotopic (exact) mass is 313 g/mol. The first-order valence-corrected chi connectivity index (χ1v) is 7.23. The van der Waals surface area contributed by atoms with Crippen LogP contribution in [0.2, 0.25) is 0 Å². The van der Waals surface area contributed by atoms with Crippen LogP contribution in [0.15, 0.2) is 22.7 Å². The third kappa shape index (κ3) is 2.87. The normalized spacial score (nSPS) is 24.0. The first-order valence-electron chi connectivity index (χ1n) is 6.43. The van der Waals surface area contributed by atoms with E-state index >= 15 is 0 Å². The van der Waals surface area contributed by atoms with Crippen LogP contribution in [-0.4, -0.2) is 29.4 Å². The molecule has 0 spiro atoms. The number of aliphatic hydroxyl groups excluding tert-OH is 2. The van der Waals surface area contributed by atoms with Gasteiger partial charge in [-0.05, 0) is 31.0 Å². The van der Waals surface area contributed by atoms with E-state index in [1.807, 2.05) is 25.2 Å². The summed E-state index contributed by atoms with van der Waals surface area (Å²) >= 11 is 3.42. The third-order valence-electron chi connectivity index (χ3n) is 3.78. The van der Waals surface area contributed by atoms with Gasteiger partial charge in [-0.15, -0.1) is 0 Å². The smallest absolute Gasteiger partial charge is 0.0743 e. The highest BCUT2D eigenvalue weighted by Crippen LogP contribution is 2.30. The van der Waals surface area contributed by atoms with Gasteiger partial charge in [0.25, 0.3) is 0 Å². The van der Waals surface area contributed by atoms with Gasteiger partial charge < -0.3 is 15.1 Å². The fraction of sp³-hybridized carbons (Fsp3) is 0.571. The van der Waals surface area contributed by atoms with Gasteiger partial charge in [-0.25, -0.2) is 0 Å². The number of halogens is 1. The van der Waals surface area contributed by atoms with Crippen LogP contribution in [-0.2, 0) is 6.61 Å². The fourth-order valence-corrected chi connectivity index (χ4v) is 3.16. The van der Waals surface area contributed by atoms with Crippen LogP contribution in [0.25, 0.3) is 0 Å². The number of nitrogens with zero attached hydrogens (tertiary/aromatic N) is 1. The number of benzene rings is 1. The lowest BCUT2D eigenvalue weighted by atomic mass is 9.91. The summed E-state index contributed by atoms with van der Waals surface area (Å²) in [5.74, 6) is 0. The fourth-order valence-electron chi connectivity index (χ4n) is 2.75. The number of rotatable bonds is 3. The molecule has 3 nitrogen and oxygen atoms in total. The SMILES string of the molecule is CN(c1ccc(Br)cc1CO)C1CCCCC1O. The van der Waals surface area contributed by atoms with Crippen molar-refractivity contribution >= 4 is 21.6 Å². The molecule has 0 radical (unpaired) electrons. The highest BCUT2D eigenvalue weighted by Gasteiger charge is 2.27. The van der Waals surface area contributed by atoms with Crippen molar-refractivity contribution in [1.82, 2.24) is 0 Å². The van der Waals surface area contributed by atoms with Gasteiger partial charge in [0.15, 0.2) is 0 Å². The molecule has 1 aromatic carbocycles. The molecule has 1 aliphatic rings. The molecule has 0 aromatic heterocycles. The Hall–Kier alpha value is -0.580. The molecule has 2 rings (SSSR count). The van der Waals surface area contributed by atoms with Gasteiger partial charge in [0.2, 0.25) is 0 Å². The number of likely N-dealkylation sites (N-methyl/N-ethyl adjacent to an activating group) is 1. The maximum Gasteiger partial charge on any atom is 0.0743 e. The van der Waals surface area contributed by atoms with Crippen LogP contribution < -0.4 is 4.90 Å². The van der Waals surface area contributed by atoms with Gasteiger partial charge >= 0.3 is 0 Å². The van der Waals surface area contributed by atoms with Gasteiger partial charge in [-0.1, -0.05) is 28.8 Å². The Labute approximate surface area is 117 Å². The van der Waals surface area contributed by atoms with E-state index in [2.05, 4.69) is 20.8 Å². The molecule has 0 saturated heterocycles. The summed E-state index contributed by atoms with van der Waals surface area (Å²) in [5, 5.41) is 19.6. The van der Waals surface area contributed by atoms with Crippen molar-refractivity contribution in [3.05, 3.63) is 28.2 Å². The van der Waals surface area contributed by atoms with E-state index in [-0.39, 0.29) is 18.8 Å². The summed E-state index contributed by atoms with van der Waals surface area (Å²) in [5.41, 5.74) is 1.90. The molecule has 100 valence electrons. The third-order valence-corrected chi connectivity index (χ3v) is 4.28. The number of hydrogen-bond donors (Lipinski definition) is 2. The summed E-state index contributed by atoms with van der Waals surface area (Å²) in [6.07, 6.45) is 3.90. The average molecular weight is 314 g/mol. The lowest BCUT2D eigenvalue weighted by Gasteiger charge is -2.37. The molecule has 0 amide bonds. The molecule has 0 heterocycles. The van der Waals surface area contributed by atoms with E-state index in [1.54, 1.807) is 0 Å². The number of hydrogen-bond acceptors (Lipinski definition) is 3. The van der Waals surface area contributed by atoms with Crippen molar-refractivity contribution in [1.29, 1.82) is 0 Å². The van der Waals surface area contributed by atoms with E-state index in [0.29, 0.717) is 0 Å². The molecular formula is C14H20BrNO2. The summed E-state index contributed by atoms with van der Waals surface area (Å²) in [7, 11) is 2.00. The lowest BCUT2D eigenvalue weighted by Crippen LogP contribution is -2.43. The van der Waals surface area contributed by atoms with Crippen LogP contribution in [0.4, 0.5) is 5.69 Å². The van der Waals surface area contributed by atoms with Crippen molar-refractivity contribution in [2.45, 2.75) is 44.4 Å². The Morgan fingerprint density at radius 1 is 1.33 bits per heavy atom. The van der Waals surface area contributed by atoms with Gasteiger partial charge in [0, 0.05) is 22.8 Å². The first kappa shape index (κ1) is 13.8. The zero-order chi connectivity index (χ0) is 13.1. The largest absolute Gasteiger partial charge is 0.392 e. The van der Waals surface area contributed by atoms with Gasteiger partial charge in [0.05, 0.1) is 18.8 Å². The summed E-state index contributed by atoms with van der Waals surface area (Å²) in [6.45, 7) is 0.0158. The Balaban J connectivity index is 2.24. The quantitative estimate of drug-likeness (QED) is 0.901. The highest BCUT2D eigenvalue weighted by atomic mass is 79.9. The Morgan fingerprint density at radius 2 is 2.06 bits per heavy atom. The molecule has 0 aliphatic heterocycles. The molecule has 1 aromatic rings. The predicted octanol–water partition coefficient (Wildman–Crippen LogP) is 2.68. The van der Waals surface area contributed by atoms with Gasteiger partial charge in [0.1, 0.15) is 0 Å². The maximum atomic E-state index is 10.1. The number of aliphatic hydroxyl groups is 2. The zero-order valence-corrected chi connectivity index (χ0v) is 12.2. The van der Waals surface area contributed by atoms with E-state index < -0.39 is 0 Å². The molecule has 18 heavy (non-hydrogen) atoms. The van der Waals surface area contributed by atoms with Crippen molar-refractivity contribution in [2.75, 3.05) is 11.9 Å². The Kier molecular flexibility index (Phi) is 4.65. The van der Waals surface area contributed by atoms with Crippen molar-refractivity contribution in [3.63, 3.8) is 0 Å². The standard InChI is InChI=1S/C14H20BrNO2/c1-16(13-4-2-3-5-14(13)18)12-7-6-11(15)8-10(12)9-17/h6-8,13-14,17-18H,2-5,9H2,1H3. The molecular weight excluding hydrogens is 294 g/mol. The second-order valence-electron chi connectivity index (χ2n) is 4.96. The molecule has 2 unspecified atom stereocenters. The van der Waals surface area contributed by atoms with Crippen LogP contribution >= 0.6 is 15.9 Å². The number of anilines is 1. The van der Waals surface area contributed by atoms with E-state index in [9.17, 15) is 10.2 Å². The second-order valence-corrected chi connectivity index (χ2v) is 5.88. The summed E-state index contributed by atoms with van der Waals surface area (Å²) in [6, 6.07) is 6.06. The van der Waals surface area contributed by atoms with Gasteiger partial charge in [-0.3, -0.25) is 0 Å².